The maximum atomic E-state index is 12.9. The van der Waals surface area contributed by atoms with Crippen LogP contribution in [0.5, 0.6) is 0 Å². The molecule has 0 aromatic heterocycles. The van der Waals surface area contributed by atoms with E-state index in [2.05, 4.69) is 5.32 Å². The minimum Gasteiger partial charge on any atom is -0.444 e. The smallest absolute Gasteiger partial charge is 0.410 e. The van der Waals surface area contributed by atoms with Crippen molar-refractivity contribution in [3.8, 4) is 0 Å². The summed E-state index contributed by atoms with van der Waals surface area (Å²) in [4.78, 5) is 40.9. The second-order valence-corrected chi connectivity index (χ2v) is 9.16. The summed E-state index contributed by atoms with van der Waals surface area (Å²) in [5, 5.41) is 2.95. The SMILES string of the molecule is CCN(Cc1ccccc1NC(=O)c1ccc(N2CCCCC2=O)cc1)C(=O)OC(C)(C)C. The van der Waals surface area contributed by atoms with Crippen LogP contribution in [0.2, 0.25) is 0 Å². The number of carbonyl (C=O) groups is 3. The van der Waals surface area contributed by atoms with E-state index in [1.165, 1.54) is 0 Å². The highest BCUT2D eigenvalue weighted by molar-refractivity contribution is 6.05. The monoisotopic (exact) mass is 451 g/mol. The third-order valence-electron chi connectivity index (χ3n) is 5.42. The number of para-hydroxylation sites is 1. The van der Waals surface area contributed by atoms with Gasteiger partial charge < -0.3 is 19.9 Å². The number of nitrogens with zero attached hydrogens (tertiary/aromatic N) is 2. The van der Waals surface area contributed by atoms with E-state index in [1.807, 2.05) is 64.1 Å². The molecule has 7 heteroatoms. The van der Waals surface area contributed by atoms with Gasteiger partial charge >= 0.3 is 6.09 Å². The molecule has 33 heavy (non-hydrogen) atoms. The van der Waals surface area contributed by atoms with Gasteiger partial charge in [0.1, 0.15) is 5.60 Å². The summed E-state index contributed by atoms with van der Waals surface area (Å²) in [5.41, 5.74) is 2.18. The molecule has 1 saturated heterocycles. The number of rotatable bonds is 6. The minimum atomic E-state index is -0.580. The van der Waals surface area contributed by atoms with Crippen molar-refractivity contribution in [2.75, 3.05) is 23.3 Å². The Morgan fingerprint density at radius 3 is 2.39 bits per heavy atom. The molecule has 1 N–H and O–H groups in total. The van der Waals surface area contributed by atoms with E-state index >= 15 is 0 Å². The highest BCUT2D eigenvalue weighted by atomic mass is 16.6. The van der Waals surface area contributed by atoms with E-state index in [9.17, 15) is 14.4 Å². The molecule has 0 spiro atoms. The maximum Gasteiger partial charge on any atom is 0.410 e. The summed E-state index contributed by atoms with van der Waals surface area (Å²) in [6, 6.07) is 14.5. The van der Waals surface area contributed by atoms with Crippen molar-refractivity contribution >= 4 is 29.3 Å². The zero-order chi connectivity index (χ0) is 24.0. The lowest BCUT2D eigenvalue weighted by Gasteiger charge is -2.27. The molecule has 176 valence electrons. The van der Waals surface area contributed by atoms with Crippen molar-refractivity contribution in [1.82, 2.24) is 4.90 Å². The lowest BCUT2D eigenvalue weighted by Crippen LogP contribution is -2.36. The van der Waals surface area contributed by atoms with E-state index in [0.29, 0.717) is 37.3 Å². The Labute approximate surface area is 195 Å². The molecule has 0 aliphatic carbocycles. The van der Waals surface area contributed by atoms with Gasteiger partial charge in [-0.2, -0.15) is 0 Å². The Bertz CT molecular complexity index is 995. The molecule has 1 aliphatic heterocycles. The van der Waals surface area contributed by atoms with Gasteiger partial charge in [-0.25, -0.2) is 4.79 Å². The van der Waals surface area contributed by atoms with E-state index in [0.717, 1.165) is 24.1 Å². The first kappa shape index (κ1) is 24.3. The lowest BCUT2D eigenvalue weighted by atomic mass is 10.1. The number of anilines is 2. The predicted octanol–water partition coefficient (Wildman–Crippen LogP) is 5.21. The zero-order valence-corrected chi connectivity index (χ0v) is 19.9. The molecule has 2 aromatic carbocycles. The largest absolute Gasteiger partial charge is 0.444 e. The summed E-state index contributed by atoms with van der Waals surface area (Å²) in [7, 11) is 0. The van der Waals surface area contributed by atoms with Crippen molar-refractivity contribution in [3.63, 3.8) is 0 Å². The fourth-order valence-electron chi connectivity index (χ4n) is 3.68. The van der Waals surface area contributed by atoms with Gasteiger partial charge in [-0.05, 0) is 76.4 Å². The Hall–Kier alpha value is -3.35. The first-order valence-electron chi connectivity index (χ1n) is 11.5. The fourth-order valence-corrected chi connectivity index (χ4v) is 3.68. The van der Waals surface area contributed by atoms with Crippen LogP contribution in [0.1, 0.15) is 62.9 Å². The standard InChI is InChI=1S/C26H33N3O4/c1-5-28(25(32)33-26(2,3)4)18-20-10-6-7-11-22(20)27-24(31)19-13-15-21(16-14-19)29-17-9-8-12-23(29)30/h6-7,10-11,13-16H,5,8-9,12,17-18H2,1-4H3,(H,27,31). The molecule has 2 aromatic rings. The number of piperidine rings is 1. The topological polar surface area (TPSA) is 79.0 Å². The van der Waals surface area contributed by atoms with Gasteiger partial charge in [-0.1, -0.05) is 18.2 Å². The molecule has 1 aliphatic rings. The molecule has 3 rings (SSSR count). The maximum absolute atomic E-state index is 12.9. The number of hydrogen-bond acceptors (Lipinski definition) is 4. The molecule has 0 bridgehead atoms. The Morgan fingerprint density at radius 1 is 1.06 bits per heavy atom. The number of ether oxygens (including phenoxy) is 1. The van der Waals surface area contributed by atoms with E-state index < -0.39 is 11.7 Å². The van der Waals surface area contributed by atoms with Crippen LogP contribution < -0.4 is 10.2 Å². The van der Waals surface area contributed by atoms with Gasteiger partial charge in [0.2, 0.25) is 5.91 Å². The number of amides is 3. The van der Waals surface area contributed by atoms with Gasteiger partial charge in [0.25, 0.3) is 5.91 Å². The number of nitrogens with one attached hydrogen (secondary N) is 1. The molecule has 3 amide bonds. The molecular weight excluding hydrogens is 418 g/mol. The number of hydrogen-bond donors (Lipinski definition) is 1. The third-order valence-corrected chi connectivity index (χ3v) is 5.42. The number of carbonyl (C=O) groups excluding carboxylic acids is 3. The Morgan fingerprint density at radius 2 is 1.76 bits per heavy atom. The average Bonchev–Trinajstić information content (AvgIpc) is 2.77. The molecular formula is C26H33N3O4. The molecule has 0 unspecified atom stereocenters. The van der Waals surface area contributed by atoms with Crippen molar-refractivity contribution < 1.29 is 19.1 Å². The van der Waals surface area contributed by atoms with Crippen LogP contribution in [0.15, 0.2) is 48.5 Å². The second kappa shape index (κ2) is 10.5. The summed E-state index contributed by atoms with van der Waals surface area (Å²) in [6.45, 7) is 8.90. The van der Waals surface area contributed by atoms with Gasteiger partial charge in [-0.15, -0.1) is 0 Å². The van der Waals surface area contributed by atoms with Crippen LogP contribution in [-0.2, 0) is 16.1 Å². The van der Waals surface area contributed by atoms with Crippen molar-refractivity contribution in [3.05, 3.63) is 59.7 Å². The van der Waals surface area contributed by atoms with Crippen LogP contribution in [0.3, 0.4) is 0 Å². The number of benzene rings is 2. The fraction of sp³-hybridized carbons (Fsp3) is 0.423. The normalized spacial score (nSPS) is 14.1. The van der Waals surface area contributed by atoms with Crippen molar-refractivity contribution in [2.24, 2.45) is 0 Å². The Kier molecular flexibility index (Phi) is 7.74. The molecule has 0 radical (unpaired) electrons. The summed E-state index contributed by atoms with van der Waals surface area (Å²) in [6.07, 6.45) is 2.09. The molecule has 1 heterocycles. The average molecular weight is 452 g/mol. The lowest BCUT2D eigenvalue weighted by molar-refractivity contribution is -0.119. The van der Waals surface area contributed by atoms with Crippen molar-refractivity contribution in [1.29, 1.82) is 0 Å². The summed E-state index contributed by atoms with van der Waals surface area (Å²) >= 11 is 0. The van der Waals surface area contributed by atoms with Gasteiger partial charge in [-0.3, -0.25) is 9.59 Å². The van der Waals surface area contributed by atoms with Crippen LogP contribution in [-0.4, -0.2) is 41.5 Å². The van der Waals surface area contributed by atoms with Gasteiger partial charge in [0.05, 0.1) is 6.54 Å². The zero-order valence-electron chi connectivity index (χ0n) is 19.9. The second-order valence-electron chi connectivity index (χ2n) is 9.16. The first-order chi connectivity index (χ1) is 15.7. The van der Waals surface area contributed by atoms with Gasteiger partial charge in [0.15, 0.2) is 0 Å². The molecule has 0 saturated carbocycles. The summed E-state index contributed by atoms with van der Waals surface area (Å²) in [5.74, 6) is -0.128. The molecule has 1 fully saturated rings. The molecule has 7 nitrogen and oxygen atoms in total. The van der Waals surface area contributed by atoms with Crippen LogP contribution >= 0.6 is 0 Å². The van der Waals surface area contributed by atoms with E-state index in [1.54, 1.807) is 21.9 Å². The minimum absolute atomic E-state index is 0.123. The van der Waals surface area contributed by atoms with Crippen LogP contribution in [0.25, 0.3) is 0 Å². The summed E-state index contributed by atoms with van der Waals surface area (Å²) < 4.78 is 5.49. The van der Waals surface area contributed by atoms with Crippen molar-refractivity contribution in [2.45, 2.75) is 59.1 Å². The highest BCUT2D eigenvalue weighted by Crippen LogP contribution is 2.23. The first-order valence-corrected chi connectivity index (χ1v) is 11.5. The van der Waals surface area contributed by atoms with E-state index in [4.69, 9.17) is 4.74 Å². The van der Waals surface area contributed by atoms with Gasteiger partial charge in [0, 0.05) is 36.4 Å². The van der Waals surface area contributed by atoms with Crippen LogP contribution in [0.4, 0.5) is 16.2 Å². The quantitative estimate of drug-likeness (QED) is 0.654. The Balaban J connectivity index is 1.70. The van der Waals surface area contributed by atoms with E-state index in [-0.39, 0.29) is 11.8 Å². The van der Waals surface area contributed by atoms with Crippen LogP contribution in [0, 0.1) is 0 Å². The third kappa shape index (κ3) is 6.57. The highest BCUT2D eigenvalue weighted by Gasteiger charge is 2.23. The predicted molar refractivity (Wildman–Crippen MR) is 129 cm³/mol. The molecule has 0 atom stereocenters.